The summed E-state index contributed by atoms with van der Waals surface area (Å²) >= 11 is 0. The second kappa shape index (κ2) is 8.48. The van der Waals surface area contributed by atoms with Gasteiger partial charge in [0.25, 0.3) is 0 Å². The second-order valence-electron chi connectivity index (χ2n) is 8.46. The van der Waals surface area contributed by atoms with E-state index in [0.29, 0.717) is 6.61 Å². The lowest BCUT2D eigenvalue weighted by molar-refractivity contribution is -0.168. The fourth-order valence-electron chi connectivity index (χ4n) is 2.66. The van der Waals surface area contributed by atoms with E-state index in [-0.39, 0.29) is 17.1 Å². The Bertz CT molecular complexity index is 668. The minimum absolute atomic E-state index is 0.121. The maximum atomic E-state index is 11.1. The maximum Gasteiger partial charge on any atom is 0.192 e. The molecule has 2 rings (SSSR count). The first kappa shape index (κ1) is 20.8. The number of rotatable bonds is 7. The van der Waals surface area contributed by atoms with Gasteiger partial charge in [-0.15, -0.1) is 0 Å². The van der Waals surface area contributed by atoms with Gasteiger partial charge in [0.2, 0.25) is 0 Å². The lowest BCUT2D eigenvalue weighted by Gasteiger charge is -2.39. The quantitative estimate of drug-likeness (QED) is 0.464. The highest BCUT2D eigenvalue weighted by Gasteiger charge is 2.38. The van der Waals surface area contributed by atoms with Crippen molar-refractivity contribution in [2.45, 2.75) is 57.9 Å². The zero-order valence-corrected chi connectivity index (χ0v) is 17.9. The second-order valence-corrected chi connectivity index (χ2v) is 13.3. The molecule has 2 aromatic rings. The Kier molecular flexibility index (Phi) is 6.80. The highest BCUT2D eigenvalue weighted by molar-refractivity contribution is 6.74. The summed E-state index contributed by atoms with van der Waals surface area (Å²) in [5.74, 6) is 0. The van der Waals surface area contributed by atoms with Crippen molar-refractivity contribution in [1.29, 1.82) is 0 Å². The Hall–Kier alpha value is -1.46. The summed E-state index contributed by atoms with van der Waals surface area (Å²) in [6, 6.07) is 19.9. The standard InChI is InChI=1S/C22H33NO2Si/c1-18(19-13-9-7-10-14-19)23(24)21(20-15-11-8-12-16-20)17-25-26(5,6)22(2,3)4/h7-16,18,21,24H,17H2,1-6H3/t18-,21+/m0/s1. The number of hydrogen-bond acceptors (Lipinski definition) is 3. The lowest BCUT2D eigenvalue weighted by Crippen LogP contribution is -2.43. The summed E-state index contributed by atoms with van der Waals surface area (Å²) in [7, 11) is -1.90. The van der Waals surface area contributed by atoms with Crippen LogP contribution in [0.25, 0.3) is 0 Å². The highest BCUT2D eigenvalue weighted by Crippen LogP contribution is 2.38. The molecule has 0 radical (unpaired) electrons. The van der Waals surface area contributed by atoms with Gasteiger partial charge in [0.15, 0.2) is 8.32 Å². The molecular weight excluding hydrogens is 338 g/mol. The van der Waals surface area contributed by atoms with E-state index in [1.807, 2.05) is 55.5 Å². The topological polar surface area (TPSA) is 32.7 Å². The van der Waals surface area contributed by atoms with E-state index in [1.54, 1.807) is 0 Å². The number of nitrogens with zero attached hydrogens (tertiary/aromatic N) is 1. The van der Waals surface area contributed by atoms with Gasteiger partial charge in [-0.25, -0.2) is 0 Å². The van der Waals surface area contributed by atoms with Gasteiger partial charge in [-0.1, -0.05) is 81.4 Å². The monoisotopic (exact) mass is 371 g/mol. The van der Waals surface area contributed by atoms with Crippen LogP contribution in [0.4, 0.5) is 0 Å². The van der Waals surface area contributed by atoms with Crippen molar-refractivity contribution in [3.8, 4) is 0 Å². The fourth-order valence-corrected chi connectivity index (χ4v) is 3.67. The molecule has 142 valence electrons. The molecule has 4 heteroatoms. The minimum atomic E-state index is -1.90. The molecule has 3 nitrogen and oxygen atoms in total. The summed E-state index contributed by atoms with van der Waals surface area (Å²) in [5, 5.41) is 12.6. The molecule has 0 saturated carbocycles. The average Bonchev–Trinajstić information content (AvgIpc) is 2.61. The van der Waals surface area contributed by atoms with Gasteiger partial charge in [-0.2, -0.15) is 5.06 Å². The van der Waals surface area contributed by atoms with Crippen LogP contribution in [0.5, 0.6) is 0 Å². The van der Waals surface area contributed by atoms with Gasteiger partial charge in [-0.3, -0.25) is 0 Å². The summed E-state index contributed by atoms with van der Waals surface area (Å²) in [4.78, 5) is 0. The van der Waals surface area contributed by atoms with E-state index in [1.165, 1.54) is 5.06 Å². The van der Waals surface area contributed by atoms with Crippen molar-refractivity contribution in [3.63, 3.8) is 0 Å². The summed E-state index contributed by atoms with van der Waals surface area (Å²) in [6.07, 6.45) is 0. The van der Waals surface area contributed by atoms with Gasteiger partial charge in [-0.05, 0) is 36.2 Å². The number of hydrogen-bond donors (Lipinski definition) is 1. The van der Waals surface area contributed by atoms with E-state index in [2.05, 4.69) is 46.0 Å². The van der Waals surface area contributed by atoms with E-state index < -0.39 is 8.32 Å². The first-order chi connectivity index (χ1) is 12.1. The van der Waals surface area contributed by atoms with Crippen LogP contribution in [-0.4, -0.2) is 25.2 Å². The molecule has 0 unspecified atom stereocenters. The minimum Gasteiger partial charge on any atom is -0.415 e. The fraction of sp³-hybridized carbons (Fsp3) is 0.455. The van der Waals surface area contributed by atoms with Crippen molar-refractivity contribution in [3.05, 3.63) is 71.8 Å². The summed E-state index contributed by atoms with van der Waals surface area (Å²) in [6.45, 7) is 13.7. The Morgan fingerprint density at radius 2 is 1.38 bits per heavy atom. The Morgan fingerprint density at radius 3 is 1.85 bits per heavy atom. The molecule has 0 spiro atoms. The van der Waals surface area contributed by atoms with Crippen LogP contribution >= 0.6 is 0 Å². The Morgan fingerprint density at radius 1 is 0.923 bits per heavy atom. The van der Waals surface area contributed by atoms with Crippen LogP contribution in [0, 0.1) is 0 Å². The zero-order valence-electron chi connectivity index (χ0n) is 16.9. The zero-order chi connectivity index (χ0) is 19.4. The van der Waals surface area contributed by atoms with Crippen molar-refractivity contribution >= 4 is 8.32 Å². The third-order valence-corrected chi connectivity index (χ3v) is 10.1. The summed E-state index contributed by atoms with van der Waals surface area (Å²) < 4.78 is 6.45. The molecule has 0 saturated heterocycles. The van der Waals surface area contributed by atoms with E-state index in [9.17, 15) is 5.21 Å². The van der Waals surface area contributed by atoms with Crippen LogP contribution in [0.1, 0.15) is 50.9 Å². The molecule has 2 aromatic carbocycles. The molecule has 0 aliphatic carbocycles. The Labute approximate surface area is 159 Å². The largest absolute Gasteiger partial charge is 0.415 e. The molecule has 0 aromatic heterocycles. The first-order valence-corrected chi connectivity index (χ1v) is 12.3. The number of hydroxylamine groups is 2. The van der Waals surface area contributed by atoms with E-state index in [4.69, 9.17) is 4.43 Å². The highest BCUT2D eigenvalue weighted by atomic mass is 28.4. The predicted molar refractivity (Wildman–Crippen MR) is 111 cm³/mol. The smallest absolute Gasteiger partial charge is 0.192 e. The van der Waals surface area contributed by atoms with Crippen LogP contribution in [-0.2, 0) is 4.43 Å². The van der Waals surface area contributed by atoms with Crippen molar-refractivity contribution < 1.29 is 9.63 Å². The molecule has 26 heavy (non-hydrogen) atoms. The molecule has 0 fully saturated rings. The first-order valence-electron chi connectivity index (χ1n) is 9.34. The third kappa shape index (κ3) is 5.04. The normalized spacial score (nSPS) is 15.1. The van der Waals surface area contributed by atoms with Crippen LogP contribution in [0.15, 0.2) is 60.7 Å². The molecular formula is C22H33NO2Si. The van der Waals surface area contributed by atoms with Crippen molar-refractivity contribution in [2.24, 2.45) is 0 Å². The van der Waals surface area contributed by atoms with Gasteiger partial charge < -0.3 is 9.63 Å². The van der Waals surface area contributed by atoms with E-state index >= 15 is 0 Å². The van der Waals surface area contributed by atoms with Crippen molar-refractivity contribution in [1.82, 2.24) is 5.06 Å². The average molecular weight is 372 g/mol. The van der Waals surface area contributed by atoms with Crippen LogP contribution in [0.3, 0.4) is 0 Å². The van der Waals surface area contributed by atoms with Crippen LogP contribution < -0.4 is 0 Å². The van der Waals surface area contributed by atoms with Gasteiger partial charge >= 0.3 is 0 Å². The molecule has 0 heterocycles. The van der Waals surface area contributed by atoms with Crippen LogP contribution in [0.2, 0.25) is 18.1 Å². The molecule has 0 amide bonds. The lowest BCUT2D eigenvalue weighted by atomic mass is 10.0. The predicted octanol–water partition coefficient (Wildman–Crippen LogP) is 6.20. The maximum absolute atomic E-state index is 11.1. The molecule has 0 aliphatic heterocycles. The van der Waals surface area contributed by atoms with Gasteiger partial charge in [0.1, 0.15) is 0 Å². The van der Waals surface area contributed by atoms with E-state index in [0.717, 1.165) is 11.1 Å². The Balaban J connectivity index is 2.24. The molecule has 0 aliphatic rings. The third-order valence-electron chi connectivity index (χ3n) is 5.59. The molecule has 1 N–H and O–H groups in total. The number of benzene rings is 2. The van der Waals surface area contributed by atoms with Gasteiger partial charge in [0, 0.05) is 0 Å². The summed E-state index contributed by atoms with van der Waals surface area (Å²) in [5.41, 5.74) is 2.15. The van der Waals surface area contributed by atoms with Crippen molar-refractivity contribution in [2.75, 3.05) is 6.61 Å². The molecule has 0 bridgehead atoms. The van der Waals surface area contributed by atoms with Gasteiger partial charge in [0.05, 0.1) is 18.7 Å². The molecule has 2 atom stereocenters. The SMILES string of the molecule is C[C@@H](c1ccccc1)N(O)[C@H](CO[Si](C)(C)C(C)(C)C)c1ccccc1.